The van der Waals surface area contributed by atoms with Crippen LogP contribution in [0.25, 0.3) is 11.3 Å². The number of halogens is 3. The molecule has 0 radical (unpaired) electrons. The van der Waals surface area contributed by atoms with E-state index in [-0.39, 0.29) is 22.3 Å². The van der Waals surface area contributed by atoms with Gasteiger partial charge in [0.1, 0.15) is 17.5 Å². The summed E-state index contributed by atoms with van der Waals surface area (Å²) in [5.74, 6) is -2.08. The van der Waals surface area contributed by atoms with Crippen molar-refractivity contribution in [1.29, 1.82) is 0 Å². The molecule has 8 heteroatoms. The largest absolute Gasteiger partial charge is 0.301 e. The summed E-state index contributed by atoms with van der Waals surface area (Å²) < 4.78 is 40.7. The van der Waals surface area contributed by atoms with Crippen molar-refractivity contribution >= 4 is 34.1 Å². The smallest absolute Gasteiger partial charge is 0.236 e. The molecular formula is C15H15F3N2OS2. The van der Waals surface area contributed by atoms with Crippen LogP contribution in [0.3, 0.4) is 0 Å². The van der Waals surface area contributed by atoms with Crippen LogP contribution >= 0.6 is 23.1 Å². The van der Waals surface area contributed by atoms with E-state index < -0.39 is 17.5 Å². The van der Waals surface area contributed by atoms with Gasteiger partial charge in [-0.2, -0.15) is 11.8 Å². The van der Waals surface area contributed by atoms with Crippen molar-refractivity contribution in [2.24, 2.45) is 0 Å². The van der Waals surface area contributed by atoms with Crippen molar-refractivity contribution in [3.8, 4) is 11.3 Å². The highest BCUT2D eigenvalue weighted by Gasteiger charge is 2.20. The second kappa shape index (κ2) is 7.83. The van der Waals surface area contributed by atoms with E-state index in [9.17, 15) is 18.0 Å². The van der Waals surface area contributed by atoms with E-state index in [1.54, 1.807) is 6.92 Å². The first-order valence-corrected chi connectivity index (χ1v) is 8.89. The molecule has 1 aromatic carbocycles. The minimum absolute atomic E-state index is 0.0708. The van der Waals surface area contributed by atoms with E-state index in [1.165, 1.54) is 11.8 Å². The molecule has 1 heterocycles. The lowest BCUT2D eigenvalue weighted by atomic mass is 10.1. The molecular weight excluding hydrogens is 345 g/mol. The zero-order valence-electron chi connectivity index (χ0n) is 12.6. The number of nitrogens with one attached hydrogen (secondary N) is 1. The van der Waals surface area contributed by atoms with Crippen LogP contribution < -0.4 is 5.32 Å². The molecule has 23 heavy (non-hydrogen) atoms. The molecule has 1 amide bonds. The summed E-state index contributed by atoms with van der Waals surface area (Å²) >= 11 is 2.62. The van der Waals surface area contributed by atoms with Gasteiger partial charge >= 0.3 is 0 Å². The summed E-state index contributed by atoms with van der Waals surface area (Å²) in [6.45, 7) is 3.66. The normalized spacial score (nSPS) is 10.8. The van der Waals surface area contributed by atoms with Gasteiger partial charge < -0.3 is 5.32 Å². The third-order valence-corrected chi connectivity index (χ3v) is 4.92. The van der Waals surface area contributed by atoms with Crippen molar-refractivity contribution < 1.29 is 18.0 Å². The number of anilines is 1. The fourth-order valence-electron chi connectivity index (χ4n) is 1.91. The van der Waals surface area contributed by atoms with Crippen LogP contribution in [0.1, 0.15) is 18.2 Å². The summed E-state index contributed by atoms with van der Waals surface area (Å²) in [7, 11) is 0. The number of thiazole rings is 1. The van der Waals surface area contributed by atoms with Gasteiger partial charge in [-0.25, -0.2) is 18.2 Å². The van der Waals surface area contributed by atoms with Crippen LogP contribution in [0.15, 0.2) is 12.1 Å². The van der Waals surface area contributed by atoms with Crippen LogP contribution in [0.4, 0.5) is 18.3 Å². The molecule has 0 fully saturated rings. The Kier molecular flexibility index (Phi) is 6.06. The molecule has 0 unspecified atom stereocenters. The van der Waals surface area contributed by atoms with Gasteiger partial charge in [0.25, 0.3) is 0 Å². The number of hydrogen-bond acceptors (Lipinski definition) is 4. The van der Waals surface area contributed by atoms with Crippen molar-refractivity contribution in [2.75, 3.05) is 16.8 Å². The minimum Gasteiger partial charge on any atom is -0.301 e. The number of aryl methyl sites for hydroxylation is 1. The Labute approximate surface area is 140 Å². The Bertz CT molecular complexity index is 696. The molecule has 0 aliphatic carbocycles. The molecule has 1 N–H and O–H groups in total. The van der Waals surface area contributed by atoms with Crippen molar-refractivity contribution in [3.05, 3.63) is 34.5 Å². The van der Waals surface area contributed by atoms with Gasteiger partial charge in [0.15, 0.2) is 5.13 Å². The van der Waals surface area contributed by atoms with Crippen LogP contribution in [0.2, 0.25) is 0 Å². The number of hydrogen-bond donors (Lipinski definition) is 1. The van der Waals surface area contributed by atoms with Crippen molar-refractivity contribution in [1.82, 2.24) is 4.98 Å². The Morgan fingerprint density at radius 3 is 2.57 bits per heavy atom. The van der Waals surface area contributed by atoms with Crippen LogP contribution in [0, 0.1) is 24.4 Å². The predicted octanol–water partition coefficient (Wildman–Crippen LogP) is 4.62. The Hall–Kier alpha value is -1.54. The standard InChI is InChI=1S/C15H15F3N2OS2/c1-3-4-22-7-12(21)19-15-20-14(8(2)23-15)13-10(17)5-9(16)6-11(13)18/h5-6H,3-4,7H2,1-2H3,(H,19,20,21). The molecule has 0 aliphatic rings. The highest BCUT2D eigenvalue weighted by atomic mass is 32.2. The molecule has 0 spiro atoms. The average Bonchev–Trinajstić information content (AvgIpc) is 2.78. The highest BCUT2D eigenvalue weighted by Crippen LogP contribution is 2.34. The number of rotatable bonds is 6. The van der Waals surface area contributed by atoms with Crippen molar-refractivity contribution in [3.63, 3.8) is 0 Å². The van der Waals surface area contributed by atoms with Crippen LogP contribution in [-0.2, 0) is 4.79 Å². The Morgan fingerprint density at radius 1 is 1.30 bits per heavy atom. The van der Waals surface area contributed by atoms with Gasteiger partial charge in [-0.3, -0.25) is 4.79 Å². The Morgan fingerprint density at radius 2 is 1.96 bits per heavy atom. The second-order valence-electron chi connectivity index (χ2n) is 4.77. The molecule has 1 aromatic heterocycles. The maximum atomic E-state index is 13.8. The molecule has 124 valence electrons. The van der Waals surface area contributed by atoms with Gasteiger partial charge in [-0.05, 0) is 19.1 Å². The van der Waals surface area contributed by atoms with E-state index in [1.807, 2.05) is 6.92 Å². The number of benzene rings is 1. The van der Waals surface area contributed by atoms with E-state index in [4.69, 9.17) is 0 Å². The quantitative estimate of drug-likeness (QED) is 0.765. The fraction of sp³-hybridized carbons (Fsp3) is 0.333. The van der Waals surface area contributed by atoms with Crippen molar-refractivity contribution in [2.45, 2.75) is 20.3 Å². The summed E-state index contributed by atoms with van der Waals surface area (Å²) in [6.07, 6.45) is 0.974. The summed E-state index contributed by atoms with van der Waals surface area (Å²) in [6, 6.07) is 1.22. The van der Waals surface area contributed by atoms with Crippen LogP contribution in [-0.4, -0.2) is 22.4 Å². The van der Waals surface area contributed by atoms with E-state index in [2.05, 4.69) is 10.3 Å². The number of carbonyl (C=O) groups excluding carboxylic acids is 1. The predicted molar refractivity (Wildman–Crippen MR) is 88.4 cm³/mol. The molecule has 3 nitrogen and oxygen atoms in total. The monoisotopic (exact) mass is 360 g/mol. The summed E-state index contributed by atoms with van der Waals surface area (Å²) in [5, 5.41) is 2.88. The molecule has 2 rings (SSSR count). The maximum Gasteiger partial charge on any atom is 0.236 e. The number of aromatic nitrogens is 1. The summed E-state index contributed by atoms with van der Waals surface area (Å²) in [4.78, 5) is 16.4. The first-order valence-electron chi connectivity index (χ1n) is 6.92. The molecule has 2 aromatic rings. The zero-order valence-corrected chi connectivity index (χ0v) is 14.2. The van der Waals surface area contributed by atoms with Gasteiger partial charge in [-0.1, -0.05) is 6.92 Å². The summed E-state index contributed by atoms with van der Waals surface area (Å²) in [5.41, 5.74) is -0.317. The molecule has 0 saturated heterocycles. The molecule has 0 saturated carbocycles. The lowest BCUT2D eigenvalue weighted by Crippen LogP contribution is -2.14. The lowest BCUT2D eigenvalue weighted by Gasteiger charge is -2.03. The number of thioether (sulfide) groups is 1. The topological polar surface area (TPSA) is 42.0 Å². The average molecular weight is 360 g/mol. The first-order chi connectivity index (χ1) is 10.9. The van der Waals surface area contributed by atoms with Gasteiger partial charge in [0.05, 0.1) is 17.0 Å². The fourth-order valence-corrected chi connectivity index (χ4v) is 3.44. The number of amides is 1. The number of carbonyl (C=O) groups is 1. The third kappa shape index (κ3) is 4.48. The van der Waals surface area contributed by atoms with Gasteiger partial charge in [-0.15, -0.1) is 11.3 Å². The third-order valence-electron chi connectivity index (χ3n) is 2.87. The van der Waals surface area contributed by atoms with E-state index >= 15 is 0 Å². The van der Waals surface area contributed by atoms with E-state index in [0.29, 0.717) is 22.8 Å². The van der Waals surface area contributed by atoms with Gasteiger partial charge in [0.2, 0.25) is 5.91 Å². The second-order valence-corrected chi connectivity index (χ2v) is 7.08. The van der Waals surface area contributed by atoms with E-state index in [0.717, 1.165) is 23.5 Å². The number of nitrogens with zero attached hydrogens (tertiary/aromatic N) is 1. The Balaban J connectivity index is 2.20. The first kappa shape index (κ1) is 17.8. The minimum atomic E-state index is -1.02. The molecule has 0 bridgehead atoms. The molecule has 0 atom stereocenters. The highest BCUT2D eigenvalue weighted by molar-refractivity contribution is 7.99. The maximum absolute atomic E-state index is 13.8. The lowest BCUT2D eigenvalue weighted by molar-refractivity contribution is -0.113. The zero-order chi connectivity index (χ0) is 17.0. The SMILES string of the molecule is CCCSCC(=O)Nc1nc(-c2c(F)cc(F)cc2F)c(C)s1. The molecule has 0 aliphatic heterocycles. The van der Waals surface area contributed by atoms with Gasteiger partial charge in [0, 0.05) is 17.0 Å². The van der Waals surface area contributed by atoms with Crippen LogP contribution in [0.5, 0.6) is 0 Å².